The van der Waals surface area contributed by atoms with Gasteiger partial charge < -0.3 is 5.32 Å². The molecule has 3 nitrogen and oxygen atoms in total. The van der Waals surface area contributed by atoms with Gasteiger partial charge in [-0.2, -0.15) is 5.10 Å². The summed E-state index contributed by atoms with van der Waals surface area (Å²) in [6.07, 6.45) is 1.89. The Morgan fingerprint density at radius 2 is 1.81 bits per heavy atom. The smallest absolute Gasteiger partial charge is 0.0707 e. The predicted molar refractivity (Wildman–Crippen MR) is 91.6 cm³/mol. The van der Waals surface area contributed by atoms with E-state index in [1.54, 1.807) is 0 Å². The van der Waals surface area contributed by atoms with Gasteiger partial charge in [-0.3, -0.25) is 4.68 Å². The van der Waals surface area contributed by atoms with Gasteiger partial charge in [-0.05, 0) is 42.4 Å². The number of hydrogen-bond acceptors (Lipinski definition) is 2. The average molecular weight is 350 g/mol. The highest BCUT2D eigenvalue weighted by atomic mass is 79.9. The van der Waals surface area contributed by atoms with Gasteiger partial charge in [0.1, 0.15) is 0 Å². The van der Waals surface area contributed by atoms with Crippen LogP contribution < -0.4 is 5.32 Å². The van der Waals surface area contributed by atoms with Crippen LogP contribution in [0.25, 0.3) is 0 Å². The molecule has 0 aliphatic carbocycles. The quantitative estimate of drug-likeness (QED) is 0.863. The average Bonchev–Trinajstić information content (AvgIpc) is 2.83. The molecule has 21 heavy (non-hydrogen) atoms. The SMILES string of the molecule is CNC(c1c(Br)cnn1C(C)C)C(C)(C)c1ccccc1. The summed E-state index contributed by atoms with van der Waals surface area (Å²) < 4.78 is 3.15. The molecular weight excluding hydrogens is 326 g/mol. The topological polar surface area (TPSA) is 29.9 Å². The van der Waals surface area contributed by atoms with Crippen molar-refractivity contribution in [3.63, 3.8) is 0 Å². The lowest BCUT2D eigenvalue weighted by Gasteiger charge is -2.36. The summed E-state index contributed by atoms with van der Waals surface area (Å²) in [6, 6.07) is 11.1. The van der Waals surface area contributed by atoms with E-state index < -0.39 is 0 Å². The maximum Gasteiger partial charge on any atom is 0.0707 e. The first kappa shape index (κ1) is 16.2. The van der Waals surface area contributed by atoms with Gasteiger partial charge >= 0.3 is 0 Å². The summed E-state index contributed by atoms with van der Waals surface area (Å²) in [7, 11) is 2.01. The van der Waals surface area contributed by atoms with E-state index in [2.05, 4.69) is 89.1 Å². The monoisotopic (exact) mass is 349 g/mol. The third-order valence-corrected chi connectivity index (χ3v) is 4.69. The predicted octanol–water partition coefficient (Wildman–Crippen LogP) is 4.46. The van der Waals surface area contributed by atoms with Crippen molar-refractivity contribution in [3.8, 4) is 0 Å². The van der Waals surface area contributed by atoms with Gasteiger partial charge in [-0.1, -0.05) is 44.2 Å². The van der Waals surface area contributed by atoms with Gasteiger partial charge in [0.05, 0.1) is 22.4 Å². The molecule has 114 valence electrons. The molecule has 2 aromatic rings. The van der Waals surface area contributed by atoms with Crippen LogP contribution in [0.2, 0.25) is 0 Å². The lowest BCUT2D eigenvalue weighted by atomic mass is 9.76. The molecule has 1 aromatic carbocycles. The number of rotatable bonds is 5. The third-order valence-electron chi connectivity index (χ3n) is 4.08. The first-order valence-electron chi connectivity index (χ1n) is 7.35. The number of hydrogen-bond donors (Lipinski definition) is 1. The number of nitrogens with zero attached hydrogens (tertiary/aromatic N) is 2. The number of nitrogens with one attached hydrogen (secondary N) is 1. The Labute approximate surface area is 135 Å². The summed E-state index contributed by atoms with van der Waals surface area (Å²) in [5, 5.41) is 8.01. The largest absolute Gasteiger partial charge is 0.311 e. The fraction of sp³-hybridized carbons (Fsp3) is 0.471. The van der Waals surface area contributed by atoms with Crippen LogP contribution in [-0.2, 0) is 5.41 Å². The molecule has 0 aliphatic heterocycles. The number of likely N-dealkylation sites (N-methyl/N-ethyl adjacent to an activating group) is 1. The first-order valence-corrected chi connectivity index (χ1v) is 8.14. The Kier molecular flexibility index (Phi) is 4.89. The minimum Gasteiger partial charge on any atom is -0.311 e. The zero-order chi connectivity index (χ0) is 15.6. The molecule has 0 amide bonds. The molecule has 0 saturated carbocycles. The molecule has 0 aliphatic rings. The normalized spacial score (nSPS) is 13.7. The van der Waals surface area contributed by atoms with E-state index in [0.29, 0.717) is 6.04 Å². The highest BCUT2D eigenvalue weighted by Crippen LogP contribution is 2.39. The highest BCUT2D eigenvalue weighted by molar-refractivity contribution is 9.10. The molecule has 2 rings (SSSR count). The summed E-state index contributed by atoms with van der Waals surface area (Å²) in [5.74, 6) is 0. The van der Waals surface area contributed by atoms with Gasteiger partial charge in [0.25, 0.3) is 0 Å². The van der Waals surface area contributed by atoms with Gasteiger partial charge in [0.15, 0.2) is 0 Å². The second-order valence-electron chi connectivity index (χ2n) is 6.23. The van der Waals surface area contributed by atoms with Gasteiger partial charge in [-0.25, -0.2) is 0 Å². The van der Waals surface area contributed by atoms with Crippen molar-refractivity contribution < 1.29 is 0 Å². The zero-order valence-corrected chi connectivity index (χ0v) is 15.0. The van der Waals surface area contributed by atoms with Crippen LogP contribution in [0.3, 0.4) is 0 Å². The minimum absolute atomic E-state index is 0.0504. The van der Waals surface area contributed by atoms with E-state index in [1.165, 1.54) is 11.3 Å². The molecular formula is C17H24BrN3. The summed E-state index contributed by atoms with van der Waals surface area (Å²) in [5.41, 5.74) is 2.46. The van der Waals surface area contributed by atoms with Crippen molar-refractivity contribution in [1.29, 1.82) is 0 Å². The van der Waals surface area contributed by atoms with E-state index in [9.17, 15) is 0 Å². The lowest BCUT2D eigenvalue weighted by Crippen LogP contribution is -2.37. The van der Waals surface area contributed by atoms with Crippen LogP contribution in [0, 0.1) is 0 Å². The molecule has 4 heteroatoms. The Morgan fingerprint density at radius 1 is 1.19 bits per heavy atom. The molecule has 0 bridgehead atoms. The van der Waals surface area contributed by atoms with Crippen molar-refractivity contribution in [2.45, 2.75) is 45.2 Å². The van der Waals surface area contributed by atoms with Crippen LogP contribution >= 0.6 is 15.9 Å². The Bertz CT molecular complexity index is 587. The van der Waals surface area contributed by atoms with Crippen LogP contribution in [0.15, 0.2) is 41.0 Å². The van der Waals surface area contributed by atoms with Crippen LogP contribution in [0.1, 0.15) is 51.0 Å². The van der Waals surface area contributed by atoms with Crippen molar-refractivity contribution in [2.75, 3.05) is 7.05 Å². The van der Waals surface area contributed by atoms with Crippen LogP contribution in [0.4, 0.5) is 0 Å². The first-order chi connectivity index (χ1) is 9.89. The standard InChI is InChI=1S/C17H24BrN3/c1-12(2)21-15(14(18)11-20-21)16(19-5)17(3,4)13-9-7-6-8-10-13/h6-12,16,19H,1-5H3. The lowest BCUT2D eigenvalue weighted by molar-refractivity contribution is 0.336. The molecule has 1 aromatic heterocycles. The summed E-state index contributed by atoms with van der Waals surface area (Å²) in [4.78, 5) is 0. The molecule has 0 radical (unpaired) electrons. The fourth-order valence-electron chi connectivity index (χ4n) is 2.91. The Balaban J connectivity index is 2.52. The molecule has 0 saturated heterocycles. The molecule has 0 spiro atoms. The van der Waals surface area contributed by atoms with Gasteiger partial charge in [0, 0.05) is 11.5 Å². The zero-order valence-electron chi connectivity index (χ0n) is 13.4. The van der Waals surface area contributed by atoms with Gasteiger partial charge in [-0.15, -0.1) is 0 Å². The highest BCUT2D eigenvalue weighted by Gasteiger charge is 2.35. The Morgan fingerprint density at radius 3 is 2.33 bits per heavy atom. The second kappa shape index (κ2) is 6.32. The fourth-order valence-corrected chi connectivity index (χ4v) is 3.41. The summed E-state index contributed by atoms with van der Waals surface area (Å²) in [6.45, 7) is 8.86. The van der Waals surface area contributed by atoms with Crippen molar-refractivity contribution in [2.24, 2.45) is 0 Å². The molecule has 1 atom stereocenters. The Hall–Kier alpha value is -1.13. The van der Waals surface area contributed by atoms with E-state index in [0.717, 1.165) is 4.47 Å². The number of benzene rings is 1. The van der Waals surface area contributed by atoms with Crippen molar-refractivity contribution in [1.82, 2.24) is 15.1 Å². The van der Waals surface area contributed by atoms with E-state index in [4.69, 9.17) is 0 Å². The van der Waals surface area contributed by atoms with Gasteiger partial charge in [0.2, 0.25) is 0 Å². The molecule has 1 N–H and O–H groups in total. The van der Waals surface area contributed by atoms with E-state index in [-0.39, 0.29) is 11.5 Å². The van der Waals surface area contributed by atoms with Crippen LogP contribution in [0.5, 0.6) is 0 Å². The maximum atomic E-state index is 4.52. The van der Waals surface area contributed by atoms with Crippen molar-refractivity contribution >= 4 is 15.9 Å². The molecule has 1 heterocycles. The van der Waals surface area contributed by atoms with Crippen LogP contribution in [-0.4, -0.2) is 16.8 Å². The maximum absolute atomic E-state index is 4.52. The van der Waals surface area contributed by atoms with E-state index in [1.807, 2.05) is 13.2 Å². The third kappa shape index (κ3) is 3.06. The number of halogens is 1. The minimum atomic E-state index is -0.0504. The van der Waals surface area contributed by atoms with E-state index >= 15 is 0 Å². The molecule has 1 unspecified atom stereocenters. The number of aromatic nitrogens is 2. The molecule has 0 fully saturated rings. The second-order valence-corrected chi connectivity index (χ2v) is 7.08. The van der Waals surface area contributed by atoms with Crippen molar-refractivity contribution in [3.05, 3.63) is 52.3 Å². The summed E-state index contributed by atoms with van der Waals surface area (Å²) >= 11 is 3.67.